The van der Waals surface area contributed by atoms with Crippen molar-refractivity contribution in [3.8, 4) is 0 Å². The summed E-state index contributed by atoms with van der Waals surface area (Å²) in [7, 11) is 1.47. The van der Waals surface area contributed by atoms with Gasteiger partial charge in [-0.25, -0.2) is 0 Å². The van der Waals surface area contributed by atoms with Crippen LogP contribution >= 0.6 is 0 Å². The first kappa shape index (κ1) is 17.1. The van der Waals surface area contributed by atoms with E-state index in [9.17, 15) is 14.7 Å². The largest absolute Gasteiger partial charge is 0.497 e. The van der Waals surface area contributed by atoms with Gasteiger partial charge in [0, 0.05) is 0 Å². The summed E-state index contributed by atoms with van der Waals surface area (Å²) in [5.41, 5.74) is 7.73. The van der Waals surface area contributed by atoms with Crippen LogP contribution in [0.2, 0.25) is 0 Å². The molecule has 0 bridgehead atoms. The van der Waals surface area contributed by atoms with Crippen LogP contribution in [0.4, 0.5) is 0 Å². The van der Waals surface area contributed by atoms with E-state index in [1.54, 1.807) is 19.1 Å². The number of nitrogens with two attached hydrogens (primary N) is 2. The van der Waals surface area contributed by atoms with Gasteiger partial charge >= 0.3 is 0 Å². The normalized spacial score (nSPS) is 16.9. The van der Waals surface area contributed by atoms with Crippen molar-refractivity contribution < 1.29 is 24.5 Å². The fourth-order valence-electron chi connectivity index (χ4n) is 1.51. The number of primary amides is 2. The predicted molar refractivity (Wildman–Crippen MR) is 68.4 cm³/mol. The van der Waals surface area contributed by atoms with E-state index in [0.717, 1.165) is 0 Å². The number of amides is 2. The van der Waals surface area contributed by atoms with Gasteiger partial charge in [-0.2, -0.15) is 0 Å². The van der Waals surface area contributed by atoms with Crippen molar-refractivity contribution in [2.75, 3.05) is 13.7 Å². The molecule has 0 saturated carbocycles. The van der Waals surface area contributed by atoms with Crippen LogP contribution in [0.5, 0.6) is 0 Å². The summed E-state index contributed by atoms with van der Waals surface area (Å²) in [6.45, 7) is 0.771. The minimum absolute atomic E-state index is 0.0595. The number of hydrogen-bond donors (Lipinski definition) is 4. The van der Waals surface area contributed by atoms with Crippen LogP contribution in [0, 0.1) is 5.92 Å². The molecule has 0 aromatic rings. The average molecular weight is 272 g/mol. The van der Waals surface area contributed by atoms with E-state index in [0.29, 0.717) is 5.76 Å². The number of hydrogen-bond acceptors (Lipinski definition) is 5. The molecule has 0 spiro atoms. The van der Waals surface area contributed by atoms with E-state index in [1.807, 2.05) is 0 Å². The predicted octanol–water partition coefficient (Wildman–Crippen LogP) is -1.21. The summed E-state index contributed by atoms with van der Waals surface area (Å²) < 4.78 is 4.96. The number of carbonyl (C=O) groups excluding carboxylic acids is 2. The van der Waals surface area contributed by atoms with Gasteiger partial charge in [-0.15, -0.1) is 0 Å². The van der Waals surface area contributed by atoms with Crippen LogP contribution in [0.15, 0.2) is 24.0 Å². The molecule has 0 aliphatic heterocycles. The Balaban J connectivity index is 5.06. The third-order valence-corrected chi connectivity index (χ3v) is 2.76. The fourth-order valence-corrected chi connectivity index (χ4v) is 1.51. The Kier molecular flexibility index (Phi) is 6.81. The zero-order valence-electron chi connectivity index (χ0n) is 11.0. The lowest BCUT2D eigenvalue weighted by Crippen LogP contribution is -2.56. The van der Waals surface area contributed by atoms with Gasteiger partial charge in [-0.3, -0.25) is 9.59 Å². The highest BCUT2D eigenvalue weighted by Crippen LogP contribution is 2.21. The molecule has 7 nitrogen and oxygen atoms in total. The van der Waals surface area contributed by atoms with E-state index in [4.69, 9.17) is 21.3 Å². The number of aliphatic hydroxyl groups is 2. The molecule has 2 unspecified atom stereocenters. The third kappa shape index (κ3) is 4.38. The Morgan fingerprint density at radius 3 is 2.32 bits per heavy atom. The topological polar surface area (TPSA) is 136 Å². The Hall–Kier alpha value is -1.86. The molecule has 0 rings (SSSR count). The number of rotatable bonds is 8. The Bertz CT molecular complexity index is 392. The second-order valence-corrected chi connectivity index (χ2v) is 3.93. The van der Waals surface area contributed by atoms with E-state index < -0.39 is 29.9 Å². The first-order valence-corrected chi connectivity index (χ1v) is 5.62. The van der Waals surface area contributed by atoms with Crippen molar-refractivity contribution in [2.45, 2.75) is 18.9 Å². The molecule has 0 fully saturated rings. The van der Waals surface area contributed by atoms with Crippen molar-refractivity contribution in [3.63, 3.8) is 0 Å². The lowest BCUT2D eigenvalue weighted by molar-refractivity contribution is -0.154. The van der Waals surface area contributed by atoms with E-state index in [-0.39, 0.29) is 6.42 Å². The lowest BCUT2D eigenvalue weighted by Gasteiger charge is -2.28. The lowest BCUT2D eigenvalue weighted by atomic mass is 9.84. The van der Waals surface area contributed by atoms with Crippen LogP contribution in [-0.2, 0) is 14.3 Å². The molecule has 0 heterocycles. The molecule has 0 aromatic carbocycles. The smallest absolute Gasteiger partial charge is 0.252 e. The zero-order valence-corrected chi connectivity index (χ0v) is 11.0. The molecule has 2 atom stereocenters. The molecule has 0 saturated heterocycles. The van der Waals surface area contributed by atoms with Crippen molar-refractivity contribution in [3.05, 3.63) is 24.0 Å². The zero-order chi connectivity index (χ0) is 15.1. The highest BCUT2D eigenvalue weighted by atomic mass is 16.5. The molecule has 108 valence electrons. The third-order valence-electron chi connectivity index (χ3n) is 2.76. The number of carbonyl (C=O) groups is 2. The average Bonchev–Trinajstić information content (AvgIpc) is 2.37. The van der Waals surface area contributed by atoms with Gasteiger partial charge in [0.2, 0.25) is 5.91 Å². The molecule has 2 amide bonds. The van der Waals surface area contributed by atoms with Crippen LogP contribution < -0.4 is 11.5 Å². The van der Waals surface area contributed by atoms with Gasteiger partial charge in [0.05, 0.1) is 19.6 Å². The maximum absolute atomic E-state index is 11.3. The highest BCUT2D eigenvalue weighted by molar-refractivity contribution is 5.91. The number of ether oxygens (including phenoxy) is 1. The molecule has 19 heavy (non-hydrogen) atoms. The van der Waals surface area contributed by atoms with E-state index in [2.05, 4.69) is 0 Å². The summed E-state index contributed by atoms with van der Waals surface area (Å²) in [6.07, 6.45) is 4.67. The standard InChI is InChI=1S/C12H20N2O5/c1-3-8(19-2)5-4-6-9(10(13)16)12(18,7-15)11(14)17/h3-5,9,15,18H,6-7H2,1-2H3,(H2,13,16)(H2,14,17). The summed E-state index contributed by atoms with van der Waals surface area (Å²) in [6, 6.07) is 0. The first-order chi connectivity index (χ1) is 8.83. The fraction of sp³-hybridized carbons (Fsp3) is 0.500. The molecule has 0 radical (unpaired) electrons. The van der Waals surface area contributed by atoms with Gasteiger partial charge in [0.25, 0.3) is 5.91 Å². The highest BCUT2D eigenvalue weighted by Gasteiger charge is 2.44. The van der Waals surface area contributed by atoms with Crippen LogP contribution in [0.1, 0.15) is 13.3 Å². The summed E-state index contributed by atoms with van der Waals surface area (Å²) in [5, 5.41) is 19.0. The second-order valence-electron chi connectivity index (χ2n) is 3.93. The molecular formula is C12H20N2O5. The van der Waals surface area contributed by atoms with Gasteiger partial charge in [0.1, 0.15) is 5.76 Å². The molecular weight excluding hydrogens is 252 g/mol. The monoisotopic (exact) mass is 272 g/mol. The Morgan fingerprint density at radius 2 is 2.00 bits per heavy atom. The quantitative estimate of drug-likeness (QED) is 0.325. The number of allylic oxidation sites excluding steroid dienone is 3. The van der Waals surface area contributed by atoms with Crippen molar-refractivity contribution >= 4 is 11.8 Å². The van der Waals surface area contributed by atoms with Gasteiger partial charge < -0.3 is 26.4 Å². The first-order valence-electron chi connectivity index (χ1n) is 5.62. The van der Waals surface area contributed by atoms with Gasteiger partial charge in [-0.1, -0.05) is 6.08 Å². The summed E-state index contributed by atoms with van der Waals surface area (Å²) in [4.78, 5) is 22.4. The van der Waals surface area contributed by atoms with Crippen molar-refractivity contribution in [1.29, 1.82) is 0 Å². The minimum atomic E-state index is -2.38. The Morgan fingerprint density at radius 1 is 1.42 bits per heavy atom. The summed E-state index contributed by atoms with van der Waals surface area (Å²) >= 11 is 0. The minimum Gasteiger partial charge on any atom is -0.497 e. The maximum atomic E-state index is 11.3. The molecule has 0 aliphatic rings. The molecule has 7 heteroatoms. The molecule has 0 aromatic heterocycles. The van der Waals surface area contributed by atoms with Crippen molar-refractivity contribution in [1.82, 2.24) is 0 Å². The number of methoxy groups -OCH3 is 1. The van der Waals surface area contributed by atoms with Crippen molar-refractivity contribution in [2.24, 2.45) is 17.4 Å². The maximum Gasteiger partial charge on any atom is 0.252 e. The second kappa shape index (κ2) is 7.55. The summed E-state index contributed by atoms with van der Waals surface area (Å²) in [5.74, 6) is -2.92. The number of aliphatic hydroxyl groups excluding tert-OH is 1. The van der Waals surface area contributed by atoms with E-state index in [1.165, 1.54) is 13.2 Å². The SMILES string of the molecule is CC=C(C=CCC(C(N)=O)C(O)(CO)C(N)=O)OC. The van der Waals surface area contributed by atoms with E-state index >= 15 is 0 Å². The van der Waals surface area contributed by atoms with Gasteiger partial charge in [-0.05, 0) is 25.5 Å². The molecule has 6 N–H and O–H groups in total. The van der Waals surface area contributed by atoms with Gasteiger partial charge in [0.15, 0.2) is 5.60 Å². The molecule has 0 aliphatic carbocycles. The van der Waals surface area contributed by atoms with Crippen LogP contribution in [-0.4, -0.2) is 41.3 Å². The van der Waals surface area contributed by atoms with Crippen LogP contribution in [0.25, 0.3) is 0 Å². The van der Waals surface area contributed by atoms with Crippen LogP contribution in [0.3, 0.4) is 0 Å². The Labute approximate surface area is 111 Å².